The molecule has 3 rings (SSSR count). The van der Waals surface area contributed by atoms with Crippen molar-refractivity contribution in [2.45, 2.75) is 9.79 Å². The van der Waals surface area contributed by atoms with Crippen molar-refractivity contribution in [1.82, 2.24) is 9.21 Å². The molecule has 1 aliphatic rings. The second-order valence-electron chi connectivity index (χ2n) is 6.83. The van der Waals surface area contributed by atoms with Crippen molar-refractivity contribution < 1.29 is 21.6 Å². The molecule has 0 atom stereocenters. The maximum atomic E-state index is 13.1. The van der Waals surface area contributed by atoms with Crippen LogP contribution in [-0.4, -0.2) is 73.4 Å². The molecule has 0 amide bonds. The van der Waals surface area contributed by atoms with E-state index in [-0.39, 0.29) is 21.2 Å². The number of hydrogen-bond acceptors (Lipinski definition) is 6. The van der Waals surface area contributed by atoms with Gasteiger partial charge in [-0.05, 0) is 37.4 Å². The van der Waals surface area contributed by atoms with E-state index in [1.54, 1.807) is 18.2 Å². The quantitative estimate of drug-likeness (QED) is 0.677. The van der Waals surface area contributed by atoms with Gasteiger partial charge >= 0.3 is 0 Å². The first-order valence-electron chi connectivity index (χ1n) is 9.08. The number of ether oxygens (including phenoxy) is 1. The van der Waals surface area contributed by atoms with E-state index in [0.717, 1.165) is 4.31 Å². The number of anilines is 1. The summed E-state index contributed by atoms with van der Waals surface area (Å²) in [5, 5.41) is 0. The van der Waals surface area contributed by atoms with Crippen LogP contribution in [0.25, 0.3) is 0 Å². The maximum Gasteiger partial charge on any atom is 0.264 e. The molecule has 2 aromatic rings. The van der Waals surface area contributed by atoms with Crippen LogP contribution in [0.1, 0.15) is 0 Å². The standard InChI is InChI=1S/C19H25N3O5S2/c1-20-11-13-22(14-12-20)29(25,26)17-9-10-19(27-3)18(15-17)21(2)28(23,24)16-7-5-4-6-8-16/h4-10,15H,11-14H2,1-3H3. The number of rotatable bonds is 6. The second-order valence-corrected chi connectivity index (χ2v) is 10.7. The van der Waals surface area contributed by atoms with Gasteiger partial charge in [-0.1, -0.05) is 18.2 Å². The van der Waals surface area contributed by atoms with Gasteiger partial charge in [0.1, 0.15) is 5.75 Å². The molecule has 0 unspecified atom stereocenters. The van der Waals surface area contributed by atoms with Gasteiger partial charge in [0.2, 0.25) is 10.0 Å². The third-order valence-electron chi connectivity index (χ3n) is 4.99. The van der Waals surface area contributed by atoms with E-state index in [4.69, 9.17) is 4.74 Å². The van der Waals surface area contributed by atoms with E-state index in [2.05, 4.69) is 4.90 Å². The largest absolute Gasteiger partial charge is 0.495 e. The molecule has 2 aromatic carbocycles. The highest BCUT2D eigenvalue weighted by atomic mass is 32.2. The lowest BCUT2D eigenvalue weighted by molar-refractivity contribution is 0.222. The number of benzene rings is 2. The number of piperazine rings is 1. The van der Waals surface area contributed by atoms with Gasteiger partial charge in [0, 0.05) is 33.2 Å². The number of methoxy groups -OCH3 is 1. The Morgan fingerprint density at radius 1 is 0.897 bits per heavy atom. The summed E-state index contributed by atoms with van der Waals surface area (Å²) in [5.74, 6) is 0.268. The van der Waals surface area contributed by atoms with E-state index < -0.39 is 20.0 Å². The van der Waals surface area contributed by atoms with Crippen molar-refractivity contribution in [3.63, 3.8) is 0 Å². The molecule has 0 spiro atoms. The minimum atomic E-state index is -3.88. The zero-order valence-corrected chi connectivity index (χ0v) is 18.3. The topological polar surface area (TPSA) is 87.2 Å². The van der Waals surface area contributed by atoms with Crippen LogP contribution in [0, 0.1) is 0 Å². The number of hydrogen-bond donors (Lipinski definition) is 0. The Labute approximate surface area is 172 Å². The van der Waals surface area contributed by atoms with Crippen LogP contribution >= 0.6 is 0 Å². The fourth-order valence-electron chi connectivity index (χ4n) is 3.13. The highest BCUT2D eigenvalue weighted by Gasteiger charge is 2.30. The second kappa shape index (κ2) is 8.31. The van der Waals surface area contributed by atoms with Crippen molar-refractivity contribution in [2.75, 3.05) is 51.7 Å². The predicted octanol–water partition coefficient (Wildman–Crippen LogP) is 1.46. The van der Waals surface area contributed by atoms with Crippen molar-refractivity contribution >= 4 is 25.7 Å². The molecular formula is C19H25N3O5S2. The van der Waals surface area contributed by atoms with Crippen molar-refractivity contribution in [3.8, 4) is 5.75 Å². The highest BCUT2D eigenvalue weighted by Crippen LogP contribution is 2.34. The van der Waals surface area contributed by atoms with E-state index >= 15 is 0 Å². The van der Waals surface area contributed by atoms with Gasteiger partial charge in [-0.15, -0.1) is 0 Å². The molecule has 0 aromatic heterocycles. The van der Waals surface area contributed by atoms with Crippen molar-refractivity contribution in [2.24, 2.45) is 0 Å². The van der Waals surface area contributed by atoms with Crippen molar-refractivity contribution in [1.29, 1.82) is 0 Å². The Kier molecular flexibility index (Phi) is 6.18. The van der Waals surface area contributed by atoms with Crippen LogP contribution in [-0.2, 0) is 20.0 Å². The lowest BCUT2D eigenvalue weighted by Crippen LogP contribution is -2.47. The summed E-state index contributed by atoms with van der Waals surface area (Å²) in [6, 6.07) is 12.2. The fourth-order valence-corrected chi connectivity index (χ4v) is 5.80. The summed E-state index contributed by atoms with van der Waals surface area (Å²) in [4.78, 5) is 2.20. The molecule has 0 N–H and O–H groups in total. The minimum absolute atomic E-state index is 0.0352. The third-order valence-corrected chi connectivity index (χ3v) is 8.67. The van der Waals surface area contributed by atoms with Crippen LogP contribution < -0.4 is 9.04 Å². The smallest absolute Gasteiger partial charge is 0.264 e. The molecule has 0 aliphatic carbocycles. The average Bonchev–Trinajstić information content (AvgIpc) is 2.73. The minimum Gasteiger partial charge on any atom is -0.495 e. The van der Waals surface area contributed by atoms with Crippen LogP contribution in [0.4, 0.5) is 5.69 Å². The molecule has 0 bridgehead atoms. The fraction of sp³-hybridized carbons (Fsp3) is 0.368. The Bertz CT molecular complexity index is 1060. The molecule has 0 saturated carbocycles. The Morgan fingerprint density at radius 3 is 2.10 bits per heavy atom. The first kappa shape index (κ1) is 21.6. The molecule has 0 radical (unpaired) electrons. The van der Waals surface area contributed by atoms with E-state index in [0.29, 0.717) is 26.2 Å². The molecule has 1 saturated heterocycles. The zero-order chi connectivity index (χ0) is 21.2. The lowest BCUT2D eigenvalue weighted by Gasteiger charge is -2.32. The first-order valence-corrected chi connectivity index (χ1v) is 12.0. The Balaban J connectivity index is 2.02. The van der Waals surface area contributed by atoms with E-state index in [1.807, 2.05) is 7.05 Å². The monoisotopic (exact) mass is 439 g/mol. The van der Waals surface area contributed by atoms with Crippen molar-refractivity contribution in [3.05, 3.63) is 48.5 Å². The zero-order valence-electron chi connectivity index (χ0n) is 16.6. The Morgan fingerprint density at radius 2 is 1.52 bits per heavy atom. The van der Waals surface area contributed by atoms with Crippen LogP contribution in [0.3, 0.4) is 0 Å². The molecule has 29 heavy (non-hydrogen) atoms. The third kappa shape index (κ3) is 4.25. The first-order chi connectivity index (χ1) is 13.7. The normalized spacial score (nSPS) is 16.5. The van der Waals surface area contributed by atoms with Gasteiger partial charge in [0.05, 0.1) is 22.6 Å². The van der Waals surface area contributed by atoms with Gasteiger partial charge in [-0.3, -0.25) is 4.31 Å². The summed E-state index contributed by atoms with van der Waals surface area (Å²) in [6.07, 6.45) is 0. The van der Waals surface area contributed by atoms with E-state index in [1.165, 1.54) is 48.8 Å². The number of sulfonamides is 2. The average molecular weight is 440 g/mol. The number of likely N-dealkylation sites (N-methyl/N-ethyl adjacent to an activating group) is 1. The summed E-state index contributed by atoms with van der Waals surface area (Å²) in [6.45, 7) is 2.06. The molecule has 1 fully saturated rings. The van der Waals surface area contributed by atoms with Crippen LogP contribution in [0.5, 0.6) is 5.75 Å². The lowest BCUT2D eigenvalue weighted by atomic mass is 10.3. The molecule has 158 valence electrons. The van der Waals surface area contributed by atoms with E-state index in [9.17, 15) is 16.8 Å². The maximum absolute atomic E-state index is 13.1. The van der Waals surface area contributed by atoms with Gasteiger partial charge in [-0.2, -0.15) is 4.31 Å². The highest BCUT2D eigenvalue weighted by molar-refractivity contribution is 7.92. The van der Waals surface area contributed by atoms with Gasteiger partial charge in [0.25, 0.3) is 10.0 Å². The molecule has 8 nitrogen and oxygen atoms in total. The SMILES string of the molecule is COc1ccc(S(=O)(=O)N2CCN(C)CC2)cc1N(C)S(=O)(=O)c1ccccc1. The predicted molar refractivity (Wildman–Crippen MR) is 111 cm³/mol. The van der Waals surface area contributed by atoms with Gasteiger partial charge in [0.15, 0.2) is 0 Å². The molecular weight excluding hydrogens is 414 g/mol. The van der Waals surface area contributed by atoms with Gasteiger partial charge in [-0.25, -0.2) is 16.8 Å². The molecule has 10 heteroatoms. The van der Waals surface area contributed by atoms with Crippen LogP contribution in [0.15, 0.2) is 58.3 Å². The van der Waals surface area contributed by atoms with Crippen LogP contribution in [0.2, 0.25) is 0 Å². The van der Waals surface area contributed by atoms with Gasteiger partial charge < -0.3 is 9.64 Å². The summed E-state index contributed by atoms with van der Waals surface area (Å²) in [7, 11) is -2.89. The Hall–Kier alpha value is -2.14. The number of nitrogens with zero attached hydrogens (tertiary/aromatic N) is 3. The summed E-state index contributed by atoms with van der Waals surface area (Å²) >= 11 is 0. The molecule has 1 aliphatic heterocycles. The molecule has 1 heterocycles. The summed E-state index contributed by atoms with van der Waals surface area (Å²) in [5.41, 5.74) is 0.159. The summed E-state index contributed by atoms with van der Waals surface area (Å²) < 4.78 is 60.0.